The van der Waals surface area contributed by atoms with Gasteiger partial charge in [0, 0.05) is 13.1 Å². The molecule has 0 bridgehead atoms. The molecule has 1 heterocycles. The molecule has 1 saturated carbocycles. The zero-order valence-corrected chi connectivity index (χ0v) is 12.6. The average molecular weight is 271 g/mol. The van der Waals surface area contributed by atoms with Crippen molar-refractivity contribution in [2.75, 3.05) is 0 Å². The number of nitrogens with one attached hydrogen (secondary N) is 1. The van der Waals surface area contributed by atoms with Gasteiger partial charge in [0.25, 0.3) is 0 Å². The third kappa shape index (κ3) is 2.59. The summed E-state index contributed by atoms with van der Waals surface area (Å²) < 4.78 is 2.21. The molecule has 0 radical (unpaired) electrons. The molecule has 1 aliphatic rings. The topological polar surface area (TPSA) is 29.9 Å². The van der Waals surface area contributed by atoms with E-state index >= 15 is 0 Å². The Bertz CT molecular complexity index is 573. The highest BCUT2D eigenvalue weighted by Gasteiger charge is 2.23. The molecule has 2 atom stereocenters. The van der Waals surface area contributed by atoms with Crippen molar-refractivity contribution in [2.24, 2.45) is 13.0 Å². The summed E-state index contributed by atoms with van der Waals surface area (Å²) in [5.74, 6) is 1.99. The Kier molecular flexibility index (Phi) is 4.06. The molecule has 1 aromatic heterocycles. The summed E-state index contributed by atoms with van der Waals surface area (Å²) in [5, 5.41) is 3.76. The zero-order valence-electron chi connectivity index (χ0n) is 12.6. The fraction of sp³-hybridized carbons (Fsp3) is 0.588. The van der Waals surface area contributed by atoms with Crippen molar-refractivity contribution in [3.8, 4) is 0 Å². The number of rotatable bonds is 4. The molecule has 1 fully saturated rings. The van der Waals surface area contributed by atoms with E-state index in [9.17, 15) is 0 Å². The number of benzene rings is 1. The van der Waals surface area contributed by atoms with Crippen LogP contribution in [0.15, 0.2) is 24.3 Å². The average Bonchev–Trinajstić information content (AvgIpc) is 2.82. The van der Waals surface area contributed by atoms with Gasteiger partial charge in [-0.15, -0.1) is 0 Å². The standard InChI is InChI=1S/C17H25N3/c1-3-13-8-4-5-9-14(13)18-12-17-19-15-10-6-7-11-16(15)20(17)2/h6-7,10-11,13-14,18H,3-5,8-9,12H2,1-2H3. The summed E-state index contributed by atoms with van der Waals surface area (Å²) in [6.07, 6.45) is 6.78. The summed E-state index contributed by atoms with van der Waals surface area (Å²) in [4.78, 5) is 4.75. The van der Waals surface area contributed by atoms with Crippen molar-refractivity contribution in [1.29, 1.82) is 0 Å². The summed E-state index contributed by atoms with van der Waals surface area (Å²) in [7, 11) is 2.12. The van der Waals surface area contributed by atoms with Gasteiger partial charge >= 0.3 is 0 Å². The van der Waals surface area contributed by atoms with Crippen LogP contribution in [-0.4, -0.2) is 15.6 Å². The molecule has 1 N–H and O–H groups in total. The van der Waals surface area contributed by atoms with Crippen LogP contribution in [0.1, 0.15) is 44.9 Å². The second kappa shape index (κ2) is 5.96. The normalized spacial score (nSPS) is 23.3. The highest BCUT2D eigenvalue weighted by Crippen LogP contribution is 2.27. The monoisotopic (exact) mass is 271 g/mol. The SMILES string of the molecule is CCC1CCCCC1NCc1nc2ccccc2n1C. The molecule has 0 aliphatic heterocycles. The van der Waals surface area contributed by atoms with Gasteiger partial charge in [-0.05, 0) is 30.9 Å². The highest BCUT2D eigenvalue weighted by molar-refractivity contribution is 5.75. The van der Waals surface area contributed by atoms with E-state index in [2.05, 4.69) is 48.1 Å². The number of hydrogen-bond donors (Lipinski definition) is 1. The van der Waals surface area contributed by atoms with E-state index < -0.39 is 0 Å². The maximum atomic E-state index is 4.75. The minimum Gasteiger partial charge on any atom is -0.330 e. The Morgan fingerprint density at radius 2 is 2.05 bits per heavy atom. The van der Waals surface area contributed by atoms with Gasteiger partial charge in [0.15, 0.2) is 0 Å². The van der Waals surface area contributed by atoms with Crippen LogP contribution in [0.3, 0.4) is 0 Å². The van der Waals surface area contributed by atoms with Gasteiger partial charge in [-0.2, -0.15) is 0 Å². The number of imidazole rings is 1. The Morgan fingerprint density at radius 3 is 2.85 bits per heavy atom. The molecule has 0 amide bonds. The van der Waals surface area contributed by atoms with E-state index in [1.165, 1.54) is 37.6 Å². The number of aryl methyl sites for hydroxylation is 1. The first kappa shape index (κ1) is 13.6. The maximum Gasteiger partial charge on any atom is 0.123 e. The molecule has 2 unspecified atom stereocenters. The zero-order chi connectivity index (χ0) is 13.9. The van der Waals surface area contributed by atoms with Gasteiger partial charge in [-0.25, -0.2) is 4.98 Å². The van der Waals surface area contributed by atoms with Crippen molar-refractivity contribution in [2.45, 2.75) is 51.6 Å². The Labute approximate surface area is 121 Å². The predicted octanol–water partition coefficient (Wildman–Crippen LogP) is 3.63. The van der Waals surface area contributed by atoms with E-state index in [4.69, 9.17) is 4.98 Å². The first-order chi connectivity index (χ1) is 9.79. The Morgan fingerprint density at radius 1 is 1.25 bits per heavy atom. The molecule has 20 heavy (non-hydrogen) atoms. The van der Waals surface area contributed by atoms with E-state index in [-0.39, 0.29) is 0 Å². The van der Waals surface area contributed by atoms with Gasteiger partial charge in [-0.1, -0.05) is 38.3 Å². The third-order valence-corrected chi connectivity index (χ3v) is 4.84. The van der Waals surface area contributed by atoms with Crippen LogP contribution >= 0.6 is 0 Å². The molecule has 108 valence electrons. The third-order valence-electron chi connectivity index (χ3n) is 4.84. The van der Waals surface area contributed by atoms with E-state index in [1.54, 1.807) is 0 Å². The summed E-state index contributed by atoms with van der Waals surface area (Å²) in [6, 6.07) is 9.04. The van der Waals surface area contributed by atoms with Crippen LogP contribution in [-0.2, 0) is 13.6 Å². The fourth-order valence-electron chi connectivity index (χ4n) is 3.54. The lowest BCUT2D eigenvalue weighted by Gasteiger charge is -2.31. The van der Waals surface area contributed by atoms with Gasteiger partial charge in [0.2, 0.25) is 0 Å². The lowest BCUT2D eigenvalue weighted by Crippen LogP contribution is -2.38. The second-order valence-electron chi connectivity index (χ2n) is 6.02. The van der Waals surface area contributed by atoms with E-state index in [0.717, 1.165) is 23.8 Å². The van der Waals surface area contributed by atoms with Crippen LogP contribution in [0.5, 0.6) is 0 Å². The molecule has 1 aliphatic carbocycles. The van der Waals surface area contributed by atoms with E-state index in [0.29, 0.717) is 6.04 Å². The van der Waals surface area contributed by atoms with Crippen LogP contribution < -0.4 is 5.32 Å². The number of fused-ring (bicyclic) bond motifs is 1. The predicted molar refractivity (Wildman–Crippen MR) is 83.6 cm³/mol. The van der Waals surface area contributed by atoms with Crippen LogP contribution in [0.25, 0.3) is 11.0 Å². The molecule has 3 rings (SSSR count). The molecular weight excluding hydrogens is 246 g/mol. The second-order valence-corrected chi connectivity index (χ2v) is 6.02. The van der Waals surface area contributed by atoms with Gasteiger partial charge < -0.3 is 9.88 Å². The smallest absolute Gasteiger partial charge is 0.123 e. The summed E-state index contributed by atoms with van der Waals surface area (Å²) >= 11 is 0. The highest BCUT2D eigenvalue weighted by atomic mass is 15.1. The van der Waals surface area contributed by atoms with Crippen molar-refractivity contribution < 1.29 is 0 Å². The molecule has 3 nitrogen and oxygen atoms in total. The minimum atomic E-state index is 0.675. The van der Waals surface area contributed by atoms with Crippen LogP contribution in [0, 0.1) is 5.92 Å². The summed E-state index contributed by atoms with van der Waals surface area (Å²) in [5.41, 5.74) is 2.32. The van der Waals surface area contributed by atoms with Crippen molar-refractivity contribution >= 4 is 11.0 Å². The van der Waals surface area contributed by atoms with Crippen LogP contribution in [0.2, 0.25) is 0 Å². The van der Waals surface area contributed by atoms with E-state index in [1.807, 2.05) is 0 Å². The first-order valence-corrected chi connectivity index (χ1v) is 7.93. The summed E-state index contributed by atoms with van der Waals surface area (Å²) in [6.45, 7) is 3.20. The van der Waals surface area contributed by atoms with Crippen LogP contribution in [0.4, 0.5) is 0 Å². The Balaban J connectivity index is 1.71. The number of para-hydroxylation sites is 2. The molecule has 3 heteroatoms. The van der Waals surface area contributed by atoms with Gasteiger partial charge in [0.1, 0.15) is 5.82 Å². The molecular formula is C17H25N3. The van der Waals surface area contributed by atoms with Crippen molar-refractivity contribution in [1.82, 2.24) is 14.9 Å². The minimum absolute atomic E-state index is 0.675. The fourth-order valence-corrected chi connectivity index (χ4v) is 3.54. The van der Waals surface area contributed by atoms with Gasteiger partial charge in [-0.3, -0.25) is 0 Å². The maximum absolute atomic E-state index is 4.75. The van der Waals surface area contributed by atoms with Gasteiger partial charge in [0.05, 0.1) is 17.6 Å². The quantitative estimate of drug-likeness (QED) is 0.920. The Hall–Kier alpha value is -1.35. The number of hydrogen-bond acceptors (Lipinski definition) is 2. The number of nitrogens with zero attached hydrogens (tertiary/aromatic N) is 2. The lowest BCUT2D eigenvalue weighted by atomic mass is 9.83. The molecule has 0 spiro atoms. The van der Waals surface area contributed by atoms with Crippen molar-refractivity contribution in [3.63, 3.8) is 0 Å². The number of aromatic nitrogens is 2. The molecule has 0 saturated heterocycles. The van der Waals surface area contributed by atoms with Crippen molar-refractivity contribution in [3.05, 3.63) is 30.1 Å². The lowest BCUT2D eigenvalue weighted by molar-refractivity contribution is 0.252. The first-order valence-electron chi connectivity index (χ1n) is 7.93. The molecule has 2 aromatic rings. The molecule has 1 aromatic carbocycles. The largest absolute Gasteiger partial charge is 0.330 e.